The molecule has 1 unspecified atom stereocenters. The third-order valence-corrected chi connectivity index (χ3v) is 4.14. The largest absolute Gasteiger partial charge is 0.468 e. The molecule has 112 valence electrons. The minimum absolute atomic E-state index is 0.231. The maximum atomic E-state index is 11.8. The van der Waals surface area contributed by atoms with Crippen molar-refractivity contribution in [3.05, 3.63) is 0 Å². The number of carbonyl (C=O) groups is 1. The summed E-state index contributed by atoms with van der Waals surface area (Å²) in [5.41, 5.74) is -0.907. The molecule has 4 heteroatoms. The number of ether oxygens (including phenoxy) is 1. The quantitative estimate of drug-likeness (QED) is 0.769. The monoisotopic (exact) mass is 271 g/mol. The predicted octanol–water partition coefficient (Wildman–Crippen LogP) is 2.10. The van der Waals surface area contributed by atoms with Crippen LogP contribution in [0.15, 0.2) is 0 Å². The molecule has 1 fully saturated rings. The van der Waals surface area contributed by atoms with Crippen molar-refractivity contribution in [1.29, 1.82) is 0 Å². The highest BCUT2D eigenvalue weighted by Gasteiger charge is 2.36. The van der Waals surface area contributed by atoms with Crippen LogP contribution in [0.1, 0.15) is 53.4 Å². The number of hydrogen-bond donors (Lipinski definition) is 2. The Morgan fingerprint density at radius 1 is 1.42 bits per heavy atom. The van der Waals surface area contributed by atoms with E-state index in [2.05, 4.69) is 12.2 Å². The van der Waals surface area contributed by atoms with Gasteiger partial charge in [0.05, 0.1) is 12.7 Å². The average Bonchev–Trinajstić information content (AvgIpc) is 2.31. The van der Waals surface area contributed by atoms with Crippen LogP contribution in [0.25, 0.3) is 0 Å². The molecule has 0 aromatic heterocycles. The molecule has 2 N–H and O–H groups in total. The average molecular weight is 271 g/mol. The van der Waals surface area contributed by atoms with Crippen LogP contribution < -0.4 is 5.32 Å². The third-order valence-electron chi connectivity index (χ3n) is 4.14. The molecule has 1 saturated carbocycles. The Balaban J connectivity index is 2.59. The van der Waals surface area contributed by atoms with E-state index < -0.39 is 5.60 Å². The molecule has 1 aliphatic carbocycles. The summed E-state index contributed by atoms with van der Waals surface area (Å²) in [5.74, 6) is 0.430. The summed E-state index contributed by atoms with van der Waals surface area (Å²) in [5, 5.41) is 13.8. The fraction of sp³-hybridized carbons (Fsp3) is 0.933. The van der Waals surface area contributed by atoms with E-state index in [-0.39, 0.29) is 17.4 Å². The molecule has 0 saturated heterocycles. The maximum Gasteiger partial charge on any atom is 0.323 e. The van der Waals surface area contributed by atoms with E-state index >= 15 is 0 Å². The number of nitrogens with one attached hydrogen (secondary N) is 1. The second-order valence-electron chi connectivity index (χ2n) is 7.11. The third kappa shape index (κ3) is 4.77. The Labute approximate surface area is 116 Å². The Bertz CT molecular complexity index is 301. The fourth-order valence-electron chi connectivity index (χ4n) is 2.63. The van der Waals surface area contributed by atoms with Crippen LogP contribution >= 0.6 is 0 Å². The van der Waals surface area contributed by atoms with Gasteiger partial charge in [0.1, 0.15) is 6.04 Å². The summed E-state index contributed by atoms with van der Waals surface area (Å²) >= 11 is 0. The minimum Gasteiger partial charge on any atom is -0.468 e. The summed E-state index contributed by atoms with van der Waals surface area (Å²) < 4.78 is 4.85. The smallest absolute Gasteiger partial charge is 0.323 e. The highest BCUT2D eigenvalue weighted by atomic mass is 16.5. The van der Waals surface area contributed by atoms with Gasteiger partial charge in [0.25, 0.3) is 0 Å². The molecule has 1 aliphatic rings. The van der Waals surface area contributed by atoms with Gasteiger partial charge in [0.15, 0.2) is 0 Å². The van der Waals surface area contributed by atoms with Crippen molar-refractivity contribution in [2.45, 2.75) is 65.0 Å². The number of methoxy groups -OCH3 is 1. The van der Waals surface area contributed by atoms with Crippen LogP contribution in [0.5, 0.6) is 0 Å². The zero-order valence-electron chi connectivity index (χ0n) is 13.0. The zero-order valence-corrected chi connectivity index (χ0v) is 13.0. The van der Waals surface area contributed by atoms with Crippen molar-refractivity contribution < 1.29 is 14.6 Å². The van der Waals surface area contributed by atoms with E-state index in [1.807, 2.05) is 20.8 Å². The topological polar surface area (TPSA) is 58.6 Å². The van der Waals surface area contributed by atoms with Crippen LogP contribution in [-0.2, 0) is 9.53 Å². The second kappa shape index (κ2) is 6.23. The fourth-order valence-corrected chi connectivity index (χ4v) is 2.63. The van der Waals surface area contributed by atoms with Gasteiger partial charge in [-0.05, 0) is 37.0 Å². The number of aliphatic hydroxyl groups is 1. The van der Waals surface area contributed by atoms with Crippen LogP contribution in [0.3, 0.4) is 0 Å². The molecule has 0 bridgehead atoms. The van der Waals surface area contributed by atoms with Gasteiger partial charge in [-0.1, -0.05) is 27.7 Å². The first-order chi connectivity index (χ1) is 8.68. The molecule has 19 heavy (non-hydrogen) atoms. The van der Waals surface area contributed by atoms with Crippen molar-refractivity contribution in [1.82, 2.24) is 5.32 Å². The summed E-state index contributed by atoms with van der Waals surface area (Å²) in [4.78, 5) is 11.8. The van der Waals surface area contributed by atoms with Gasteiger partial charge in [-0.3, -0.25) is 4.79 Å². The molecule has 0 amide bonds. The lowest BCUT2D eigenvalue weighted by atomic mass is 9.79. The SMILES string of the molecule is COC(=O)C(NCC1(O)CCC(C)CC1)C(C)(C)C. The minimum atomic E-state index is -0.677. The van der Waals surface area contributed by atoms with E-state index in [9.17, 15) is 9.90 Å². The zero-order chi connectivity index (χ0) is 14.7. The van der Waals surface area contributed by atoms with Gasteiger partial charge in [-0.15, -0.1) is 0 Å². The molecular weight excluding hydrogens is 242 g/mol. The van der Waals surface area contributed by atoms with Gasteiger partial charge in [-0.25, -0.2) is 0 Å². The lowest BCUT2D eigenvalue weighted by Gasteiger charge is -2.38. The second-order valence-corrected chi connectivity index (χ2v) is 7.11. The van der Waals surface area contributed by atoms with E-state index in [1.165, 1.54) is 7.11 Å². The van der Waals surface area contributed by atoms with Crippen LogP contribution in [0.2, 0.25) is 0 Å². The first kappa shape index (κ1) is 16.4. The normalized spacial score (nSPS) is 29.9. The molecule has 0 spiro atoms. The van der Waals surface area contributed by atoms with Gasteiger partial charge < -0.3 is 15.2 Å². The molecular formula is C15H29NO3. The van der Waals surface area contributed by atoms with E-state index in [1.54, 1.807) is 0 Å². The van der Waals surface area contributed by atoms with Gasteiger partial charge in [0.2, 0.25) is 0 Å². The predicted molar refractivity (Wildman–Crippen MR) is 75.8 cm³/mol. The number of hydrogen-bond acceptors (Lipinski definition) is 4. The van der Waals surface area contributed by atoms with Crippen molar-refractivity contribution in [2.75, 3.05) is 13.7 Å². The van der Waals surface area contributed by atoms with Crippen LogP contribution in [-0.4, -0.2) is 36.4 Å². The first-order valence-corrected chi connectivity index (χ1v) is 7.21. The van der Waals surface area contributed by atoms with E-state index in [4.69, 9.17) is 4.74 Å². The molecule has 0 radical (unpaired) electrons. The van der Waals surface area contributed by atoms with Crippen LogP contribution in [0, 0.1) is 11.3 Å². The van der Waals surface area contributed by atoms with Crippen LogP contribution in [0.4, 0.5) is 0 Å². The Kier molecular flexibility index (Phi) is 5.39. The summed E-state index contributed by atoms with van der Waals surface area (Å²) in [6, 6.07) is -0.388. The lowest BCUT2D eigenvalue weighted by molar-refractivity contribution is -0.146. The summed E-state index contributed by atoms with van der Waals surface area (Å²) in [6.45, 7) is 8.66. The Morgan fingerprint density at radius 2 is 1.95 bits per heavy atom. The van der Waals surface area contributed by atoms with Gasteiger partial charge in [-0.2, -0.15) is 0 Å². The summed E-state index contributed by atoms with van der Waals surface area (Å²) in [6.07, 6.45) is 3.71. The molecule has 1 atom stereocenters. The number of rotatable bonds is 4. The molecule has 0 aliphatic heterocycles. The van der Waals surface area contributed by atoms with Gasteiger partial charge in [0, 0.05) is 6.54 Å². The maximum absolute atomic E-state index is 11.8. The van der Waals surface area contributed by atoms with Crippen molar-refractivity contribution in [3.63, 3.8) is 0 Å². The summed E-state index contributed by atoms with van der Waals surface area (Å²) in [7, 11) is 1.40. The Hall–Kier alpha value is -0.610. The molecule has 1 rings (SSSR count). The van der Waals surface area contributed by atoms with Crippen molar-refractivity contribution >= 4 is 5.97 Å². The highest BCUT2D eigenvalue weighted by molar-refractivity contribution is 5.76. The standard InChI is InChI=1S/C15H29NO3/c1-11-6-8-15(18,9-7-11)10-16-12(13(17)19-5)14(2,3)4/h11-12,16,18H,6-10H2,1-5H3. The number of carbonyl (C=O) groups excluding carboxylic acids is 1. The van der Waals surface area contributed by atoms with E-state index in [0.717, 1.165) is 25.7 Å². The molecule has 0 heterocycles. The molecule has 4 nitrogen and oxygen atoms in total. The Morgan fingerprint density at radius 3 is 2.37 bits per heavy atom. The van der Waals surface area contributed by atoms with Gasteiger partial charge >= 0.3 is 5.97 Å². The molecule has 0 aromatic rings. The molecule has 0 aromatic carbocycles. The van der Waals surface area contributed by atoms with E-state index in [0.29, 0.717) is 12.5 Å². The lowest BCUT2D eigenvalue weighted by Crippen LogP contribution is -2.53. The first-order valence-electron chi connectivity index (χ1n) is 7.21. The van der Waals surface area contributed by atoms with Crippen molar-refractivity contribution in [2.24, 2.45) is 11.3 Å². The highest BCUT2D eigenvalue weighted by Crippen LogP contribution is 2.32. The van der Waals surface area contributed by atoms with Crippen molar-refractivity contribution in [3.8, 4) is 0 Å². The number of esters is 1.